The largest absolute Gasteiger partial charge is 0.507 e. The molecule has 0 saturated carbocycles. The van der Waals surface area contributed by atoms with Crippen molar-refractivity contribution in [3.05, 3.63) is 70.1 Å². The molecule has 1 aliphatic rings. The maximum Gasteiger partial charge on any atom is 0.275 e. The van der Waals surface area contributed by atoms with Gasteiger partial charge in [-0.3, -0.25) is 14.4 Å². The average molecular weight is 406 g/mol. The number of nitrogens with zero attached hydrogens (tertiary/aromatic N) is 4. The number of carbonyl (C=O) groups is 2. The second kappa shape index (κ2) is 7.98. The molecule has 1 aromatic heterocycles. The molecule has 1 fully saturated rings. The lowest BCUT2D eigenvalue weighted by Gasteiger charge is -2.34. The minimum absolute atomic E-state index is 0.0569. The van der Waals surface area contributed by atoms with E-state index in [0.29, 0.717) is 43.5 Å². The Balaban J connectivity index is 1.56. The van der Waals surface area contributed by atoms with Gasteiger partial charge in [-0.1, -0.05) is 30.3 Å². The lowest BCUT2D eigenvalue weighted by atomic mass is 10.1. The molecule has 1 N–H and O–H groups in total. The summed E-state index contributed by atoms with van der Waals surface area (Å²) in [6, 6.07) is 13.4. The van der Waals surface area contributed by atoms with Gasteiger partial charge < -0.3 is 14.9 Å². The summed E-state index contributed by atoms with van der Waals surface area (Å²) in [5.41, 5.74) is 0.273. The van der Waals surface area contributed by atoms with Crippen LogP contribution in [0.5, 0.6) is 5.75 Å². The van der Waals surface area contributed by atoms with Crippen LogP contribution in [-0.2, 0) is 6.54 Å². The Hall–Kier alpha value is -3.68. The zero-order valence-corrected chi connectivity index (χ0v) is 16.6. The molecule has 0 bridgehead atoms. The molecule has 0 unspecified atom stereocenters. The number of hydrogen-bond acceptors (Lipinski definition) is 5. The molecule has 0 aliphatic carbocycles. The second-order valence-corrected chi connectivity index (χ2v) is 7.12. The van der Waals surface area contributed by atoms with Crippen LogP contribution >= 0.6 is 0 Å². The smallest absolute Gasteiger partial charge is 0.275 e. The number of phenols is 1. The molecule has 1 saturated heterocycles. The Bertz CT molecular complexity index is 1180. The first-order chi connectivity index (χ1) is 14.5. The van der Waals surface area contributed by atoms with Gasteiger partial charge in [0.1, 0.15) is 5.75 Å². The van der Waals surface area contributed by atoms with E-state index in [1.165, 1.54) is 10.7 Å². The molecule has 8 heteroatoms. The molecular weight excluding hydrogens is 384 g/mol. The predicted octanol–water partition coefficient (Wildman–Crippen LogP) is 1.72. The number of piperazine rings is 1. The summed E-state index contributed by atoms with van der Waals surface area (Å²) in [5, 5.41) is 15.2. The van der Waals surface area contributed by atoms with Crippen molar-refractivity contribution in [2.45, 2.75) is 13.5 Å². The molecule has 3 aromatic rings. The Morgan fingerprint density at radius 2 is 1.47 bits per heavy atom. The molecule has 1 aliphatic heterocycles. The third kappa shape index (κ3) is 3.41. The van der Waals surface area contributed by atoms with Crippen molar-refractivity contribution in [1.29, 1.82) is 0 Å². The molecule has 0 spiro atoms. The zero-order chi connectivity index (χ0) is 21.3. The van der Waals surface area contributed by atoms with Crippen LogP contribution in [0.1, 0.15) is 27.8 Å². The monoisotopic (exact) mass is 406 g/mol. The van der Waals surface area contributed by atoms with Crippen LogP contribution in [-0.4, -0.2) is 62.7 Å². The standard InChI is InChI=1S/C22H22N4O4/c1-2-26-21(29)16-8-4-3-7-15(16)19(23-26)22(30)25-13-11-24(12-14-25)20(28)17-9-5-6-10-18(17)27/h3-10,27H,2,11-14H2,1H3. The van der Waals surface area contributed by atoms with E-state index in [9.17, 15) is 19.5 Å². The highest BCUT2D eigenvalue weighted by Crippen LogP contribution is 2.20. The number of benzene rings is 2. The van der Waals surface area contributed by atoms with Crippen LogP contribution in [0, 0.1) is 0 Å². The van der Waals surface area contributed by atoms with Gasteiger partial charge in [0.2, 0.25) is 0 Å². The van der Waals surface area contributed by atoms with Crippen LogP contribution in [0.2, 0.25) is 0 Å². The van der Waals surface area contributed by atoms with E-state index in [2.05, 4.69) is 5.10 Å². The lowest BCUT2D eigenvalue weighted by molar-refractivity contribution is 0.0530. The second-order valence-electron chi connectivity index (χ2n) is 7.12. The number of fused-ring (bicyclic) bond motifs is 1. The number of aromatic nitrogens is 2. The summed E-state index contributed by atoms with van der Waals surface area (Å²) in [6.07, 6.45) is 0. The van der Waals surface area contributed by atoms with E-state index in [1.807, 2.05) is 0 Å². The Kier molecular flexibility index (Phi) is 5.22. The molecule has 4 rings (SSSR count). The molecule has 30 heavy (non-hydrogen) atoms. The third-order valence-corrected chi connectivity index (χ3v) is 5.36. The molecule has 2 aromatic carbocycles. The summed E-state index contributed by atoms with van der Waals surface area (Å²) in [7, 11) is 0. The van der Waals surface area contributed by atoms with Crippen molar-refractivity contribution in [3.63, 3.8) is 0 Å². The highest BCUT2D eigenvalue weighted by Gasteiger charge is 2.28. The van der Waals surface area contributed by atoms with Gasteiger partial charge in [0, 0.05) is 38.1 Å². The fourth-order valence-corrected chi connectivity index (χ4v) is 3.69. The van der Waals surface area contributed by atoms with Gasteiger partial charge in [-0.2, -0.15) is 5.10 Å². The van der Waals surface area contributed by atoms with Crippen molar-refractivity contribution in [1.82, 2.24) is 19.6 Å². The number of para-hydroxylation sites is 1. The van der Waals surface area contributed by atoms with Crippen molar-refractivity contribution < 1.29 is 14.7 Å². The van der Waals surface area contributed by atoms with E-state index in [0.717, 1.165) is 0 Å². The molecule has 154 valence electrons. The van der Waals surface area contributed by atoms with Gasteiger partial charge in [0.05, 0.1) is 10.9 Å². The maximum atomic E-state index is 13.2. The zero-order valence-electron chi connectivity index (χ0n) is 16.6. The predicted molar refractivity (Wildman–Crippen MR) is 112 cm³/mol. The van der Waals surface area contributed by atoms with Crippen molar-refractivity contribution in [2.24, 2.45) is 0 Å². The fraction of sp³-hybridized carbons (Fsp3) is 0.273. The maximum absolute atomic E-state index is 13.2. The van der Waals surface area contributed by atoms with Crippen molar-refractivity contribution >= 4 is 22.6 Å². The normalized spacial score (nSPS) is 14.2. The molecule has 2 amide bonds. The number of aromatic hydroxyl groups is 1. The summed E-state index contributed by atoms with van der Waals surface area (Å²) in [5.74, 6) is -0.579. The van der Waals surface area contributed by atoms with Crippen molar-refractivity contribution in [2.75, 3.05) is 26.2 Å². The van der Waals surface area contributed by atoms with E-state index in [-0.39, 0.29) is 34.4 Å². The van der Waals surface area contributed by atoms with E-state index in [4.69, 9.17) is 0 Å². The summed E-state index contributed by atoms with van der Waals surface area (Å²) in [6.45, 7) is 3.57. The molecule has 0 atom stereocenters. The van der Waals surface area contributed by atoms with Crippen LogP contribution in [0.3, 0.4) is 0 Å². The van der Waals surface area contributed by atoms with E-state index < -0.39 is 0 Å². The van der Waals surface area contributed by atoms with Gasteiger partial charge in [-0.15, -0.1) is 0 Å². The summed E-state index contributed by atoms with van der Waals surface area (Å²) in [4.78, 5) is 41.6. The number of phenolic OH excluding ortho intramolecular Hbond substituents is 1. The number of rotatable bonds is 3. The number of carbonyl (C=O) groups excluding carboxylic acids is 2. The van der Waals surface area contributed by atoms with Gasteiger partial charge in [-0.25, -0.2) is 4.68 Å². The third-order valence-electron chi connectivity index (χ3n) is 5.36. The Morgan fingerprint density at radius 1 is 0.900 bits per heavy atom. The topological polar surface area (TPSA) is 95.7 Å². The first-order valence-corrected chi connectivity index (χ1v) is 9.87. The number of amides is 2. The minimum atomic E-state index is -0.261. The van der Waals surface area contributed by atoms with Gasteiger partial charge in [-0.05, 0) is 25.1 Å². The van der Waals surface area contributed by atoms with Crippen LogP contribution in [0.15, 0.2) is 53.3 Å². The first kappa shape index (κ1) is 19.6. The first-order valence-electron chi connectivity index (χ1n) is 9.87. The van der Waals surface area contributed by atoms with Crippen LogP contribution in [0.4, 0.5) is 0 Å². The summed E-state index contributed by atoms with van der Waals surface area (Å²) < 4.78 is 1.30. The number of aryl methyl sites for hydroxylation is 1. The molecular formula is C22H22N4O4. The highest BCUT2D eigenvalue weighted by molar-refractivity contribution is 6.05. The minimum Gasteiger partial charge on any atom is -0.507 e. The van der Waals surface area contributed by atoms with Crippen molar-refractivity contribution in [3.8, 4) is 5.75 Å². The molecule has 2 heterocycles. The Morgan fingerprint density at radius 3 is 2.10 bits per heavy atom. The highest BCUT2D eigenvalue weighted by atomic mass is 16.3. The van der Waals surface area contributed by atoms with Crippen LogP contribution in [0.25, 0.3) is 10.8 Å². The van der Waals surface area contributed by atoms with Gasteiger partial charge >= 0.3 is 0 Å². The fourth-order valence-electron chi connectivity index (χ4n) is 3.69. The Labute approximate surface area is 173 Å². The molecule has 0 radical (unpaired) electrons. The number of hydrogen-bond donors (Lipinski definition) is 1. The SMILES string of the molecule is CCn1nc(C(=O)N2CCN(C(=O)c3ccccc3O)CC2)c2ccccc2c1=O. The van der Waals surface area contributed by atoms with Gasteiger partial charge in [0.15, 0.2) is 5.69 Å². The molecule has 8 nitrogen and oxygen atoms in total. The van der Waals surface area contributed by atoms with E-state index >= 15 is 0 Å². The average Bonchev–Trinajstić information content (AvgIpc) is 2.79. The quantitative estimate of drug-likeness (QED) is 0.715. The van der Waals surface area contributed by atoms with Gasteiger partial charge in [0.25, 0.3) is 17.4 Å². The van der Waals surface area contributed by atoms with Crippen LogP contribution < -0.4 is 5.56 Å². The summed E-state index contributed by atoms with van der Waals surface area (Å²) >= 11 is 0. The lowest BCUT2D eigenvalue weighted by Crippen LogP contribution is -2.51. The van der Waals surface area contributed by atoms with E-state index in [1.54, 1.807) is 59.2 Å².